The molecule has 4 aliphatic carbocycles. The molecule has 0 aliphatic heterocycles. The van der Waals surface area contributed by atoms with E-state index in [0.29, 0.717) is 5.41 Å². The fraction of sp³-hybridized carbons (Fsp3) is 1.00. The molecule has 6 unspecified atom stereocenters. The molecule has 1 nitrogen and oxygen atoms in total. The molecule has 0 aromatic heterocycles. The van der Waals surface area contributed by atoms with Crippen molar-refractivity contribution in [3.63, 3.8) is 0 Å². The third kappa shape index (κ3) is 3.88. The molecule has 8 atom stereocenters. The van der Waals surface area contributed by atoms with E-state index in [-0.39, 0.29) is 5.60 Å². The predicted octanol–water partition coefficient (Wildman–Crippen LogP) is 7.22. The molecule has 0 aromatic rings. The molecule has 4 aliphatic rings. The third-order valence-corrected chi connectivity index (χ3v) is 10.0. The summed E-state index contributed by atoms with van der Waals surface area (Å²) in [5.74, 6) is 6.70. The average molecular weight is 375 g/mol. The van der Waals surface area contributed by atoms with Crippen molar-refractivity contribution >= 4 is 0 Å². The summed E-state index contributed by atoms with van der Waals surface area (Å²) in [5, 5.41) is 10.6. The first kappa shape index (κ1) is 20.2. The molecule has 0 saturated heterocycles. The Morgan fingerprint density at radius 3 is 2.41 bits per heavy atom. The Kier molecular flexibility index (Phi) is 5.74. The fourth-order valence-corrected chi connectivity index (χ4v) is 8.61. The van der Waals surface area contributed by atoms with Gasteiger partial charge in [-0.1, -0.05) is 40.0 Å². The van der Waals surface area contributed by atoms with Crippen LogP contribution in [0.5, 0.6) is 0 Å². The molecular weight excluding hydrogens is 328 g/mol. The number of fused-ring (bicyclic) bond motifs is 5. The zero-order valence-corrected chi connectivity index (χ0v) is 18.7. The van der Waals surface area contributed by atoms with E-state index < -0.39 is 0 Å². The van der Waals surface area contributed by atoms with Crippen molar-refractivity contribution in [3.05, 3.63) is 0 Å². The van der Waals surface area contributed by atoms with Crippen molar-refractivity contribution in [1.82, 2.24) is 0 Å². The van der Waals surface area contributed by atoms with Gasteiger partial charge in [-0.05, 0) is 118 Å². The van der Waals surface area contributed by atoms with E-state index in [0.717, 1.165) is 54.3 Å². The Bertz CT molecular complexity index is 508. The quantitative estimate of drug-likeness (QED) is 0.503. The topological polar surface area (TPSA) is 20.2 Å². The molecule has 1 heteroatoms. The van der Waals surface area contributed by atoms with Crippen LogP contribution >= 0.6 is 0 Å². The largest absolute Gasteiger partial charge is 0.390 e. The van der Waals surface area contributed by atoms with E-state index >= 15 is 0 Å². The van der Waals surface area contributed by atoms with Crippen molar-refractivity contribution in [2.24, 2.45) is 46.8 Å². The number of rotatable bonds is 5. The molecule has 0 aromatic carbocycles. The van der Waals surface area contributed by atoms with Gasteiger partial charge in [-0.25, -0.2) is 0 Å². The van der Waals surface area contributed by atoms with Gasteiger partial charge < -0.3 is 5.11 Å². The molecule has 0 bridgehead atoms. The van der Waals surface area contributed by atoms with Crippen molar-refractivity contribution in [3.8, 4) is 0 Å². The summed E-state index contributed by atoms with van der Waals surface area (Å²) in [7, 11) is 0. The van der Waals surface area contributed by atoms with Gasteiger partial charge in [0.2, 0.25) is 0 Å². The highest BCUT2D eigenvalue weighted by Crippen LogP contribution is 2.65. The van der Waals surface area contributed by atoms with Gasteiger partial charge in [0.25, 0.3) is 0 Å². The fourth-order valence-electron chi connectivity index (χ4n) is 8.61. The lowest BCUT2D eigenvalue weighted by atomic mass is 9.49. The van der Waals surface area contributed by atoms with E-state index in [4.69, 9.17) is 0 Å². The molecule has 4 saturated carbocycles. The Morgan fingerprint density at radius 1 is 0.852 bits per heavy atom. The second kappa shape index (κ2) is 7.66. The van der Waals surface area contributed by atoms with E-state index in [2.05, 4.69) is 27.7 Å². The standard InChI is InChI=1S/C26H46O/c1-18(2)7-5-6-8-20-10-12-24-23-11-9-19-17-25(3,27)15-13-21(19)22(23)14-16-26(20,24)4/h18-24,27H,5-17H2,1-4H3/t19?,20-,21?,22?,23?,24?,25-,26?/m0/s1. The van der Waals surface area contributed by atoms with Crippen molar-refractivity contribution in [1.29, 1.82) is 0 Å². The minimum atomic E-state index is -0.369. The lowest BCUT2D eigenvalue weighted by Gasteiger charge is -2.57. The molecule has 1 N–H and O–H groups in total. The van der Waals surface area contributed by atoms with Crippen LogP contribution in [0.3, 0.4) is 0 Å². The maximum absolute atomic E-state index is 10.6. The summed E-state index contributed by atoms with van der Waals surface area (Å²) in [6.07, 6.45) is 18.2. The van der Waals surface area contributed by atoms with Crippen LogP contribution in [0.2, 0.25) is 0 Å². The van der Waals surface area contributed by atoms with Crippen LogP contribution in [-0.2, 0) is 0 Å². The monoisotopic (exact) mass is 374 g/mol. The molecule has 4 fully saturated rings. The van der Waals surface area contributed by atoms with Crippen LogP contribution in [-0.4, -0.2) is 10.7 Å². The van der Waals surface area contributed by atoms with Crippen molar-refractivity contribution in [2.45, 2.75) is 117 Å². The summed E-state index contributed by atoms with van der Waals surface area (Å²) >= 11 is 0. The highest BCUT2D eigenvalue weighted by molar-refractivity contribution is 5.06. The number of aliphatic hydroxyl groups is 1. The van der Waals surface area contributed by atoms with Crippen LogP contribution < -0.4 is 0 Å². The lowest BCUT2D eigenvalue weighted by Crippen LogP contribution is -2.50. The van der Waals surface area contributed by atoms with Gasteiger partial charge in [0.1, 0.15) is 0 Å². The molecule has 27 heavy (non-hydrogen) atoms. The summed E-state index contributed by atoms with van der Waals surface area (Å²) in [6.45, 7) is 9.53. The van der Waals surface area contributed by atoms with Gasteiger partial charge in [-0.15, -0.1) is 0 Å². The zero-order valence-electron chi connectivity index (χ0n) is 18.7. The molecule has 4 rings (SSSR count). The summed E-state index contributed by atoms with van der Waals surface area (Å²) < 4.78 is 0. The molecular formula is C26H46O. The van der Waals surface area contributed by atoms with Crippen LogP contribution in [0.4, 0.5) is 0 Å². The Labute approximate surface area is 169 Å². The van der Waals surface area contributed by atoms with Crippen LogP contribution in [0.1, 0.15) is 111 Å². The van der Waals surface area contributed by atoms with Crippen molar-refractivity contribution in [2.75, 3.05) is 0 Å². The number of unbranched alkanes of at least 4 members (excludes halogenated alkanes) is 1. The van der Waals surface area contributed by atoms with Crippen LogP contribution in [0, 0.1) is 46.8 Å². The second-order valence-electron chi connectivity index (χ2n) is 12.2. The zero-order chi connectivity index (χ0) is 19.2. The Balaban J connectivity index is 1.39. The van der Waals surface area contributed by atoms with E-state index in [1.165, 1.54) is 70.6 Å². The Morgan fingerprint density at radius 2 is 1.63 bits per heavy atom. The first-order valence-electron chi connectivity index (χ1n) is 12.5. The van der Waals surface area contributed by atoms with E-state index in [9.17, 15) is 5.11 Å². The predicted molar refractivity (Wildman–Crippen MR) is 115 cm³/mol. The van der Waals surface area contributed by atoms with Crippen molar-refractivity contribution < 1.29 is 5.11 Å². The summed E-state index contributed by atoms with van der Waals surface area (Å²) in [6, 6.07) is 0. The van der Waals surface area contributed by atoms with Gasteiger partial charge in [0, 0.05) is 0 Å². The normalized spacial score (nSPS) is 49.6. The summed E-state index contributed by atoms with van der Waals surface area (Å²) in [4.78, 5) is 0. The maximum Gasteiger partial charge on any atom is 0.0622 e. The van der Waals surface area contributed by atoms with Gasteiger partial charge in [-0.3, -0.25) is 0 Å². The SMILES string of the molecule is CC(C)CCCC[C@H]1CCC2C3CCC4C[C@@](C)(O)CCC4C3CCC21C. The van der Waals surface area contributed by atoms with Gasteiger partial charge in [0.15, 0.2) is 0 Å². The average Bonchev–Trinajstić information content (AvgIpc) is 2.94. The van der Waals surface area contributed by atoms with Gasteiger partial charge in [-0.2, -0.15) is 0 Å². The molecule has 0 radical (unpaired) electrons. The smallest absolute Gasteiger partial charge is 0.0622 e. The lowest BCUT2D eigenvalue weighted by molar-refractivity contribution is -0.1000. The first-order valence-corrected chi connectivity index (χ1v) is 12.5. The first-order chi connectivity index (χ1) is 12.8. The number of hydrogen-bond acceptors (Lipinski definition) is 1. The molecule has 0 spiro atoms. The van der Waals surface area contributed by atoms with E-state index in [1.54, 1.807) is 0 Å². The molecule has 0 heterocycles. The second-order valence-corrected chi connectivity index (χ2v) is 12.2. The molecule has 0 amide bonds. The molecule has 156 valence electrons. The maximum atomic E-state index is 10.6. The third-order valence-electron chi connectivity index (χ3n) is 10.0. The highest BCUT2D eigenvalue weighted by Gasteiger charge is 2.57. The Hall–Kier alpha value is -0.0400. The van der Waals surface area contributed by atoms with E-state index in [1.807, 2.05) is 0 Å². The number of hydrogen-bond donors (Lipinski definition) is 1. The minimum absolute atomic E-state index is 0.369. The van der Waals surface area contributed by atoms with Crippen LogP contribution in [0.15, 0.2) is 0 Å². The van der Waals surface area contributed by atoms with Gasteiger partial charge in [0.05, 0.1) is 5.60 Å². The summed E-state index contributed by atoms with van der Waals surface area (Å²) in [5.41, 5.74) is 0.289. The van der Waals surface area contributed by atoms with Gasteiger partial charge >= 0.3 is 0 Å². The highest BCUT2D eigenvalue weighted by atomic mass is 16.3. The minimum Gasteiger partial charge on any atom is -0.390 e. The van der Waals surface area contributed by atoms with Crippen LogP contribution in [0.25, 0.3) is 0 Å².